The summed E-state index contributed by atoms with van der Waals surface area (Å²) in [5.41, 5.74) is 5.46. The van der Waals surface area contributed by atoms with Crippen LogP contribution in [0.4, 0.5) is 5.69 Å². The van der Waals surface area contributed by atoms with E-state index in [-0.39, 0.29) is 0 Å². The predicted octanol–water partition coefficient (Wildman–Crippen LogP) is 2.82. The van der Waals surface area contributed by atoms with Crippen LogP contribution in [0.5, 0.6) is 5.75 Å². The first-order chi connectivity index (χ1) is 11.9. The van der Waals surface area contributed by atoms with Gasteiger partial charge in [-0.1, -0.05) is 24.3 Å². The van der Waals surface area contributed by atoms with Crippen LogP contribution in [-0.4, -0.2) is 38.6 Å². The summed E-state index contributed by atoms with van der Waals surface area (Å²) in [6.45, 7) is 3.82. The van der Waals surface area contributed by atoms with Crippen molar-refractivity contribution in [2.75, 3.05) is 31.1 Å². The number of nitrogens with one attached hydrogen (secondary N) is 1. The number of hydrogen-bond acceptors (Lipinski definition) is 4. The van der Waals surface area contributed by atoms with Crippen molar-refractivity contribution in [1.82, 2.24) is 5.32 Å². The number of hydrogen-bond donors (Lipinski definition) is 1. The van der Waals surface area contributed by atoms with Gasteiger partial charge < -0.3 is 15.0 Å². The third-order valence-corrected chi connectivity index (χ3v) is 5.63. The molecular weight excluding hydrogens is 300 g/mol. The molecule has 0 aliphatic carbocycles. The first kappa shape index (κ1) is 14.1. The van der Waals surface area contributed by atoms with Crippen LogP contribution in [-0.2, 0) is 0 Å². The third kappa shape index (κ3) is 1.93. The molecule has 4 heteroatoms. The van der Waals surface area contributed by atoms with Gasteiger partial charge in [-0.15, -0.1) is 0 Å². The van der Waals surface area contributed by atoms with Gasteiger partial charge in [0.15, 0.2) is 6.29 Å². The lowest BCUT2D eigenvalue weighted by atomic mass is 9.88. The molecule has 3 heterocycles. The van der Waals surface area contributed by atoms with E-state index in [2.05, 4.69) is 22.3 Å². The van der Waals surface area contributed by atoms with Gasteiger partial charge in [0.2, 0.25) is 0 Å². The van der Waals surface area contributed by atoms with Crippen LogP contribution in [0.25, 0.3) is 11.1 Å². The molecule has 0 amide bonds. The van der Waals surface area contributed by atoms with Crippen molar-refractivity contribution in [2.24, 2.45) is 0 Å². The smallest absolute Gasteiger partial charge is 0.150 e. The maximum Gasteiger partial charge on any atom is 0.150 e. The molecule has 4 nitrogen and oxygen atoms in total. The maximum atomic E-state index is 11.4. The van der Waals surface area contributed by atoms with Crippen molar-refractivity contribution >= 4 is 12.0 Å². The van der Waals surface area contributed by atoms with E-state index >= 15 is 0 Å². The first-order valence-electron chi connectivity index (χ1n) is 8.69. The number of aldehydes is 1. The first-order valence-corrected chi connectivity index (χ1v) is 8.69. The molecule has 0 saturated carbocycles. The number of benzene rings is 2. The Morgan fingerprint density at radius 1 is 1.25 bits per heavy atom. The molecule has 1 saturated heterocycles. The highest BCUT2D eigenvalue weighted by Gasteiger charge is 2.43. The Morgan fingerprint density at radius 2 is 2.17 bits per heavy atom. The minimum Gasteiger partial charge on any atom is -0.490 e. The number of piperidine rings is 1. The van der Waals surface area contributed by atoms with Crippen molar-refractivity contribution in [1.29, 1.82) is 0 Å². The summed E-state index contributed by atoms with van der Waals surface area (Å²) in [5, 5.41) is 3.54. The minimum absolute atomic E-state index is 0.512. The number of ether oxygens (including phenoxy) is 1. The topological polar surface area (TPSA) is 41.6 Å². The van der Waals surface area contributed by atoms with Gasteiger partial charge in [-0.05, 0) is 41.8 Å². The maximum absolute atomic E-state index is 11.4. The van der Waals surface area contributed by atoms with Crippen LogP contribution in [0.2, 0.25) is 0 Å². The van der Waals surface area contributed by atoms with Gasteiger partial charge in [0.25, 0.3) is 0 Å². The summed E-state index contributed by atoms with van der Waals surface area (Å²) in [4.78, 5) is 14.0. The highest BCUT2D eigenvalue weighted by atomic mass is 16.5. The normalized spacial score (nSPS) is 24.1. The molecule has 2 atom stereocenters. The second-order valence-electron chi connectivity index (χ2n) is 6.83. The fourth-order valence-electron chi connectivity index (χ4n) is 4.58. The van der Waals surface area contributed by atoms with Crippen LogP contribution in [0.3, 0.4) is 0 Å². The van der Waals surface area contributed by atoms with Gasteiger partial charge in [0.1, 0.15) is 12.4 Å². The lowest BCUT2D eigenvalue weighted by Crippen LogP contribution is -2.46. The van der Waals surface area contributed by atoms with Gasteiger partial charge >= 0.3 is 0 Å². The Morgan fingerprint density at radius 3 is 3.08 bits per heavy atom. The number of nitrogens with zero attached hydrogens (tertiary/aromatic N) is 1. The number of rotatable bonds is 2. The molecule has 3 aliphatic rings. The summed E-state index contributed by atoms with van der Waals surface area (Å²) in [5.74, 6) is 1.49. The highest BCUT2D eigenvalue weighted by molar-refractivity contribution is 5.89. The predicted molar refractivity (Wildman–Crippen MR) is 94.1 cm³/mol. The molecule has 0 unspecified atom stereocenters. The van der Waals surface area contributed by atoms with E-state index in [4.69, 9.17) is 4.74 Å². The number of carbonyl (C=O) groups excluding carboxylic acids is 1. The molecule has 3 aliphatic heterocycles. The van der Waals surface area contributed by atoms with E-state index < -0.39 is 0 Å². The summed E-state index contributed by atoms with van der Waals surface area (Å²) in [7, 11) is 0. The molecule has 1 N–H and O–H groups in total. The SMILES string of the molecule is O=Cc1ccccc1-c1cc2c3c(c1)[C@@H]1CNCC[C@@H]1N3CCO2. The van der Waals surface area contributed by atoms with E-state index in [0.29, 0.717) is 12.0 Å². The lowest BCUT2D eigenvalue weighted by Gasteiger charge is -2.36. The molecule has 0 aromatic heterocycles. The minimum atomic E-state index is 0.512. The molecule has 24 heavy (non-hydrogen) atoms. The molecule has 2 aromatic rings. The fourth-order valence-corrected chi connectivity index (χ4v) is 4.58. The third-order valence-electron chi connectivity index (χ3n) is 5.63. The van der Waals surface area contributed by atoms with Gasteiger partial charge in [-0.2, -0.15) is 0 Å². The fraction of sp³-hybridized carbons (Fsp3) is 0.350. The van der Waals surface area contributed by atoms with E-state index in [9.17, 15) is 4.79 Å². The summed E-state index contributed by atoms with van der Waals surface area (Å²) in [6, 6.07) is 12.8. The van der Waals surface area contributed by atoms with Crippen molar-refractivity contribution in [2.45, 2.75) is 18.4 Å². The molecule has 2 aromatic carbocycles. The zero-order valence-electron chi connectivity index (χ0n) is 13.5. The Balaban J connectivity index is 1.70. The van der Waals surface area contributed by atoms with Gasteiger partial charge in [0, 0.05) is 24.1 Å². The number of fused-ring (bicyclic) bond motifs is 3. The van der Waals surface area contributed by atoms with Crippen LogP contribution in [0, 0.1) is 0 Å². The van der Waals surface area contributed by atoms with Crippen LogP contribution in [0.15, 0.2) is 36.4 Å². The summed E-state index contributed by atoms with van der Waals surface area (Å²) < 4.78 is 6.01. The van der Waals surface area contributed by atoms with Gasteiger partial charge in [-0.25, -0.2) is 0 Å². The monoisotopic (exact) mass is 320 g/mol. The molecule has 0 bridgehead atoms. The van der Waals surface area contributed by atoms with Crippen molar-refractivity contribution in [3.8, 4) is 16.9 Å². The lowest BCUT2D eigenvalue weighted by molar-refractivity contribution is 0.112. The van der Waals surface area contributed by atoms with Crippen molar-refractivity contribution in [3.63, 3.8) is 0 Å². The van der Waals surface area contributed by atoms with Crippen LogP contribution < -0.4 is 15.0 Å². The number of carbonyl (C=O) groups is 1. The summed E-state index contributed by atoms with van der Waals surface area (Å²) >= 11 is 0. The largest absolute Gasteiger partial charge is 0.490 e. The van der Waals surface area contributed by atoms with Crippen LogP contribution >= 0.6 is 0 Å². The van der Waals surface area contributed by atoms with Crippen molar-refractivity contribution in [3.05, 3.63) is 47.5 Å². The molecule has 5 rings (SSSR count). The molecule has 0 radical (unpaired) electrons. The zero-order chi connectivity index (χ0) is 16.1. The quantitative estimate of drug-likeness (QED) is 0.864. The Hall–Kier alpha value is -2.33. The molecule has 0 spiro atoms. The highest BCUT2D eigenvalue weighted by Crippen LogP contribution is 2.51. The van der Waals surface area contributed by atoms with E-state index in [0.717, 1.165) is 55.0 Å². The second kappa shape index (κ2) is 5.35. The molecule has 122 valence electrons. The Kier molecular flexibility index (Phi) is 3.13. The molecular formula is C20H20N2O2. The second-order valence-corrected chi connectivity index (χ2v) is 6.83. The van der Waals surface area contributed by atoms with Gasteiger partial charge in [-0.3, -0.25) is 4.79 Å². The Labute approximate surface area is 141 Å². The Bertz CT molecular complexity index is 817. The zero-order valence-corrected chi connectivity index (χ0v) is 13.5. The average Bonchev–Trinajstić information content (AvgIpc) is 2.98. The summed E-state index contributed by atoms with van der Waals surface area (Å²) in [6.07, 6.45) is 2.12. The molecule has 1 fully saturated rings. The van der Waals surface area contributed by atoms with E-state index in [1.54, 1.807) is 0 Å². The standard InChI is InChI=1S/C20H20N2O2/c23-12-13-3-1-2-4-15(13)14-9-16-17-11-21-6-5-18(17)22-7-8-24-19(10-14)20(16)22/h1-4,9-10,12,17-18,21H,5-8,11H2/t17-,18-/m0/s1. The average molecular weight is 320 g/mol. The van der Waals surface area contributed by atoms with E-state index in [1.807, 2.05) is 24.3 Å². The number of anilines is 1. The van der Waals surface area contributed by atoms with Crippen LogP contribution in [0.1, 0.15) is 28.3 Å². The van der Waals surface area contributed by atoms with Gasteiger partial charge in [0.05, 0.1) is 12.2 Å². The van der Waals surface area contributed by atoms with Crippen molar-refractivity contribution < 1.29 is 9.53 Å². The van der Waals surface area contributed by atoms with E-state index in [1.165, 1.54) is 17.7 Å².